The van der Waals surface area contributed by atoms with Crippen LogP contribution in [0.1, 0.15) is 5.56 Å². The van der Waals surface area contributed by atoms with E-state index in [-0.39, 0.29) is 0 Å². The molecule has 0 amide bonds. The molecule has 0 saturated carbocycles. The highest BCUT2D eigenvalue weighted by Gasteiger charge is 2.34. The summed E-state index contributed by atoms with van der Waals surface area (Å²) in [6.45, 7) is 1.47. The van der Waals surface area contributed by atoms with E-state index in [1.807, 2.05) is 23.2 Å². The summed E-state index contributed by atoms with van der Waals surface area (Å²) in [5.74, 6) is 2.00. The third-order valence-corrected chi connectivity index (χ3v) is 3.43. The maximum atomic E-state index is 5.78. The minimum Gasteiger partial charge on any atom is -0.492 e. The topological polar surface area (TPSA) is 50.6 Å². The Kier molecular flexibility index (Phi) is 2.24. The van der Waals surface area contributed by atoms with Gasteiger partial charge in [0, 0.05) is 18.0 Å². The summed E-state index contributed by atoms with van der Waals surface area (Å²) >= 11 is 0. The number of fused-ring (bicyclic) bond motifs is 3. The van der Waals surface area contributed by atoms with Crippen molar-refractivity contribution in [2.45, 2.75) is 0 Å². The first-order chi connectivity index (χ1) is 9.42. The monoisotopic (exact) mass is 252 g/mol. The smallest absolute Gasteiger partial charge is 0.167 e. The summed E-state index contributed by atoms with van der Waals surface area (Å²) < 4.78 is 5.78. The third kappa shape index (κ3) is 1.66. The summed E-state index contributed by atoms with van der Waals surface area (Å²) in [6.07, 6.45) is 5.08. The summed E-state index contributed by atoms with van der Waals surface area (Å²) in [6, 6.07) is 8.03. The molecule has 2 aromatic rings. The van der Waals surface area contributed by atoms with Crippen LogP contribution in [0.4, 0.5) is 5.82 Å². The number of ether oxygens (including phenoxy) is 1. The summed E-state index contributed by atoms with van der Waals surface area (Å²) in [7, 11) is 0. The first-order valence-electron chi connectivity index (χ1n) is 6.26. The van der Waals surface area contributed by atoms with Crippen molar-refractivity contribution in [1.82, 2.24) is 9.97 Å². The molecule has 0 radical (unpaired) electrons. The number of aromatic nitrogens is 2. The molecule has 1 aromatic carbocycles. The van der Waals surface area contributed by atoms with Crippen molar-refractivity contribution in [3.63, 3.8) is 0 Å². The first kappa shape index (κ1) is 10.5. The van der Waals surface area contributed by atoms with Crippen molar-refractivity contribution in [2.24, 2.45) is 11.0 Å². The first-order valence-corrected chi connectivity index (χ1v) is 6.26. The lowest BCUT2D eigenvalue weighted by molar-refractivity contribution is 0.280. The second kappa shape index (κ2) is 4.05. The van der Waals surface area contributed by atoms with E-state index in [1.165, 1.54) is 0 Å². The van der Waals surface area contributed by atoms with Crippen LogP contribution in [-0.2, 0) is 0 Å². The molecule has 0 aliphatic carbocycles. The van der Waals surface area contributed by atoms with Gasteiger partial charge in [-0.1, -0.05) is 12.1 Å². The quantitative estimate of drug-likeness (QED) is 0.775. The molecule has 0 N–H and O–H groups in total. The number of benzene rings is 1. The zero-order valence-corrected chi connectivity index (χ0v) is 10.2. The molecule has 1 atom stereocenters. The van der Waals surface area contributed by atoms with Crippen molar-refractivity contribution in [1.29, 1.82) is 0 Å². The van der Waals surface area contributed by atoms with E-state index >= 15 is 0 Å². The number of nitrogens with zero attached hydrogens (tertiary/aromatic N) is 4. The molecule has 0 bridgehead atoms. The zero-order chi connectivity index (χ0) is 12.7. The molecule has 5 nitrogen and oxygen atoms in total. The van der Waals surface area contributed by atoms with Gasteiger partial charge in [0.2, 0.25) is 0 Å². The number of anilines is 1. The van der Waals surface area contributed by atoms with Gasteiger partial charge < -0.3 is 4.74 Å². The number of hydrazone groups is 1. The summed E-state index contributed by atoms with van der Waals surface area (Å²) in [5, 5.41) is 6.59. The lowest BCUT2D eigenvalue weighted by Crippen LogP contribution is -2.29. The highest BCUT2D eigenvalue weighted by molar-refractivity contribution is 6.07. The zero-order valence-electron chi connectivity index (χ0n) is 10.2. The molecule has 2 aliphatic heterocycles. The summed E-state index contributed by atoms with van der Waals surface area (Å²) in [5.41, 5.74) is 2.18. The molecule has 2 aliphatic rings. The van der Waals surface area contributed by atoms with Crippen molar-refractivity contribution in [2.75, 3.05) is 18.2 Å². The average Bonchev–Trinajstić information content (AvgIpc) is 2.93. The lowest BCUT2D eigenvalue weighted by Gasteiger charge is -2.22. The van der Waals surface area contributed by atoms with Gasteiger partial charge in [0.15, 0.2) is 5.82 Å². The largest absolute Gasteiger partial charge is 0.492 e. The maximum Gasteiger partial charge on any atom is 0.167 e. The third-order valence-electron chi connectivity index (χ3n) is 3.43. The molecular formula is C14H12N4O. The lowest BCUT2D eigenvalue weighted by atomic mass is 9.95. The Bertz CT molecular complexity index is 641. The van der Waals surface area contributed by atoms with Crippen LogP contribution in [0, 0.1) is 5.92 Å². The maximum absolute atomic E-state index is 5.78. The average molecular weight is 252 g/mol. The SMILES string of the molecule is c1ccc2c(c1)OCC1CN(c3cnccn3)N=C21. The molecule has 1 aromatic heterocycles. The van der Waals surface area contributed by atoms with Gasteiger partial charge in [-0.25, -0.2) is 9.99 Å². The Hall–Kier alpha value is -2.43. The highest BCUT2D eigenvalue weighted by atomic mass is 16.5. The minimum atomic E-state index is 0.303. The van der Waals surface area contributed by atoms with E-state index in [1.54, 1.807) is 18.6 Å². The Morgan fingerprint density at radius 1 is 1.21 bits per heavy atom. The Balaban J connectivity index is 1.75. The Morgan fingerprint density at radius 3 is 3.05 bits per heavy atom. The predicted octanol–water partition coefficient (Wildman–Crippen LogP) is 1.71. The minimum absolute atomic E-state index is 0.303. The van der Waals surface area contributed by atoms with Crippen LogP contribution >= 0.6 is 0 Å². The fourth-order valence-electron chi connectivity index (χ4n) is 2.52. The van der Waals surface area contributed by atoms with Crippen LogP contribution in [0.3, 0.4) is 0 Å². The van der Waals surface area contributed by atoms with Crippen molar-refractivity contribution >= 4 is 11.5 Å². The van der Waals surface area contributed by atoms with E-state index in [9.17, 15) is 0 Å². The Labute approximate surface area is 110 Å². The van der Waals surface area contributed by atoms with Crippen LogP contribution in [0.5, 0.6) is 5.75 Å². The van der Waals surface area contributed by atoms with Crippen LogP contribution in [0.15, 0.2) is 48.0 Å². The summed E-state index contributed by atoms with van der Waals surface area (Å²) in [4.78, 5) is 8.38. The normalized spacial score (nSPS) is 20.3. The van der Waals surface area contributed by atoms with E-state index in [2.05, 4.69) is 21.1 Å². The molecular weight excluding hydrogens is 240 g/mol. The van der Waals surface area contributed by atoms with Crippen LogP contribution < -0.4 is 9.75 Å². The molecule has 94 valence electrons. The van der Waals surface area contributed by atoms with E-state index in [0.717, 1.165) is 29.4 Å². The molecule has 4 rings (SSSR count). The predicted molar refractivity (Wildman–Crippen MR) is 71.3 cm³/mol. The van der Waals surface area contributed by atoms with Gasteiger partial charge in [0.25, 0.3) is 0 Å². The van der Waals surface area contributed by atoms with E-state index in [0.29, 0.717) is 12.5 Å². The second-order valence-electron chi connectivity index (χ2n) is 4.64. The number of rotatable bonds is 1. The van der Waals surface area contributed by atoms with Crippen molar-refractivity contribution in [3.8, 4) is 5.75 Å². The van der Waals surface area contributed by atoms with E-state index < -0.39 is 0 Å². The highest BCUT2D eigenvalue weighted by Crippen LogP contribution is 2.32. The van der Waals surface area contributed by atoms with Gasteiger partial charge in [-0.3, -0.25) is 4.98 Å². The number of hydrogen-bond donors (Lipinski definition) is 0. The fraction of sp³-hybridized carbons (Fsp3) is 0.214. The molecule has 0 fully saturated rings. The van der Waals surface area contributed by atoms with Crippen LogP contribution in [0.2, 0.25) is 0 Å². The number of para-hydroxylation sites is 1. The molecule has 1 unspecified atom stereocenters. The van der Waals surface area contributed by atoms with Gasteiger partial charge in [-0.2, -0.15) is 5.10 Å². The Morgan fingerprint density at radius 2 is 2.16 bits per heavy atom. The van der Waals surface area contributed by atoms with Crippen LogP contribution in [-0.4, -0.2) is 28.8 Å². The van der Waals surface area contributed by atoms with Gasteiger partial charge >= 0.3 is 0 Å². The fourth-order valence-corrected chi connectivity index (χ4v) is 2.52. The van der Waals surface area contributed by atoms with Crippen molar-refractivity contribution in [3.05, 3.63) is 48.4 Å². The molecule has 5 heteroatoms. The van der Waals surface area contributed by atoms with Gasteiger partial charge in [0.1, 0.15) is 5.75 Å². The second-order valence-corrected chi connectivity index (χ2v) is 4.64. The molecule has 0 saturated heterocycles. The molecule has 0 spiro atoms. The molecule has 3 heterocycles. The van der Waals surface area contributed by atoms with Gasteiger partial charge in [-0.05, 0) is 12.1 Å². The number of hydrogen-bond acceptors (Lipinski definition) is 5. The van der Waals surface area contributed by atoms with Crippen LogP contribution in [0.25, 0.3) is 0 Å². The van der Waals surface area contributed by atoms with Gasteiger partial charge in [0.05, 0.1) is 31.0 Å². The van der Waals surface area contributed by atoms with Gasteiger partial charge in [-0.15, -0.1) is 0 Å². The molecule has 19 heavy (non-hydrogen) atoms. The van der Waals surface area contributed by atoms with E-state index in [4.69, 9.17) is 4.74 Å². The standard InChI is InChI=1S/C14H12N4O/c1-2-4-12-11(3-1)14-10(9-19-12)8-18(17-14)13-7-15-5-6-16-13/h1-7,10H,8-9H2. The van der Waals surface area contributed by atoms with Crippen molar-refractivity contribution < 1.29 is 4.74 Å².